The van der Waals surface area contributed by atoms with Crippen molar-refractivity contribution in [2.24, 2.45) is 0 Å². The van der Waals surface area contributed by atoms with E-state index >= 15 is 0 Å². The minimum atomic E-state index is -1.08. The van der Waals surface area contributed by atoms with E-state index in [1.54, 1.807) is 35.1 Å². The van der Waals surface area contributed by atoms with Gasteiger partial charge < -0.3 is 10.1 Å². The molecule has 1 heterocycles. The summed E-state index contributed by atoms with van der Waals surface area (Å²) in [5, 5.41) is 9.11. The number of aromatic nitrogens is 2. The summed E-state index contributed by atoms with van der Waals surface area (Å²) in [6, 6.07) is 8.27. The van der Waals surface area contributed by atoms with Crippen molar-refractivity contribution in [2.45, 2.75) is 51.3 Å². The predicted molar refractivity (Wildman–Crippen MR) is 102 cm³/mol. The lowest BCUT2D eigenvalue weighted by atomic mass is 10.1. The van der Waals surface area contributed by atoms with Gasteiger partial charge in [0.1, 0.15) is 0 Å². The van der Waals surface area contributed by atoms with Crippen molar-refractivity contribution in [3.8, 4) is 0 Å². The van der Waals surface area contributed by atoms with Crippen molar-refractivity contribution in [2.75, 3.05) is 0 Å². The third kappa shape index (κ3) is 5.42. The second-order valence-corrected chi connectivity index (χ2v) is 6.89. The molecule has 2 N–H and O–H groups in total. The summed E-state index contributed by atoms with van der Waals surface area (Å²) in [5.41, 5.74) is 1.31. The van der Waals surface area contributed by atoms with Gasteiger partial charge >= 0.3 is 12.0 Å². The molecule has 8 heteroatoms. The monoisotopic (exact) mass is 384 g/mol. The molecule has 1 aromatic carbocycles. The van der Waals surface area contributed by atoms with E-state index in [-0.39, 0.29) is 6.04 Å². The maximum absolute atomic E-state index is 12.2. The summed E-state index contributed by atoms with van der Waals surface area (Å²) in [7, 11) is 0. The highest BCUT2D eigenvalue weighted by Crippen LogP contribution is 2.17. The molecule has 1 aliphatic carbocycles. The van der Waals surface area contributed by atoms with E-state index in [1.807, 2.05) is 12.3 Å². The average molecular weight is 384 g/mol. The number of rotatable bonds is 6. The number of carbonyl (C=O) groups is 3. The first kappa shape index (κ1) is 19.6. The number of nitrogens with zero attached hydrogens (tertiary/aromatic N) is 2. The van der Waals surface area contributed by atoms with E-state index in [2.05, 4.69) is 15.7 Å². The Morgan fingerprint density at radius 2 is 1.93 bits per heavy atom. The van der Waals surface area contributed by atoms with Crippen LogP contribution >= 0.6 is 0 Å². The fraction of sp³-hybridized carbons (Fsp3) is 0.400. The Kier molecular flexibility index (Phi) is 6.41. The highest BCUT2D eigenvalue weighted by atomic mass is 16.5. The second kappa shape index (κ2) is 9.16. The van der Waals surface area contributed by atoms with Crippen LogP contribution in [0, 0.1) is 0 Å². The molecule has 8 nitrogen and oxygen atoms in total. The van der Waals surface area contributed by atoms with Crippen LogP contribution in [0.1, 0.15) is 48.5 Å². The van der Waals surface area contributed by atoms with Crippen LogP contribution < -0.4 is 10.6 Å². The summed E-state index contributed by atoms with van der Waals surface area (Å²) in [6.07, 6.45) is 6.47. The number of hydrogen-bond acceptors (Lipinski definition) is 5. The van der Waals surface area contributed by atoms with E-state index in [4.69, 9.17) is 4.74 Å². The number of carbonyl (C=O) groups excluding carboxylic acids is 3. The van der Waals surface area contributed by atoms with E-state index in [0.717, 1.165) is 31.2 Å². The van der Waals surface area contributed by atoms with Gasteiger partial charge in [0.15, 0.2) is 6.10 Å². The van der Waals surface area contributed by atoms with E-state index in [0.29, 0.717) is 12.1 Å². The van der Waals surface area contributed by atoms with Crippen molar-refractivity contribution < 1.29 is 19.1 Å². The topological polar surface area (TPSA) is 102 Å². The molecule has 1 aliphatic rings. The maximum atomic E-state index is 12.2. The van der Waals surface area contributed by atoms with E-state index < -0.39 is 24.0 Å². The standard InChI is InChI=1S/C20H24N4O4/c1-14(18(25)23-20(27)22-17-5-2-3-6-17)28-19(26)16-9-7-15(8-10-16)13-24-12-4-11-21-24/h4,7-12,14,17H,2-3,5-6,13H2,1H3,(H2,22,23,25,27). The highest BCUT2D eigenvalue weighted by molar-refractivity contribution is 5.98. The first-order valence-electron chi connectivity index (χ1n) is 9.40. The lowest BCUT2D eigenvalue weighted by molar-refractivity contribution is -0.127. The number of benzene rings is 1. The van der Waals surface area contributed by atoms with Gasteiger partial charge in [-0.3, -0.25) is 14.8 Å². The Balaban J connectivity index is 1.47. The molecule has 0 radical (unpaired) electrons. The SMILES string of the molecule is CC(OC(=O)c1ccc(Cn2cccn2)cc1)C(=O)NC(=O)NC1CCCC1. The van der Waals surface area contributed by atoms with Crippen molar-refractivity contribution in [1.29, 1.82) is 0 Å². The molecule has 1 fully saturated rings. The minimum Gasteiger partial charge on any atom is -0.449 e. The summed E-state index contributed by atoms with van der Waals surface area (Å²) in [5.74, 6) is -1.27. The molecule has 0 spiro atoms. The van der Waals surface area contributed by atoms with Crippen LogP contribution in [0.5, 0.6) is 0 Å². The fourth-order valence-electron chi connectivity index (χ4n) is 3.11. The average Bonchev–Trinajstić information content (AvgIpc) is 3.36. The molecule has 0 saturated heterocycles. The first-order valence-corrected chi connectivity index (χ1v) is 9.40. The lowest BCUT2D eigenvalue weighted by Gasteiger charge is -2.15. The third-order valence-electron chi connectivity index (χ3n) is 4.67. The molecular formula is C20H24N4O4. The van der Waals surface area contributed by atoms with Crippen molar-refractivity contribution >= 4 is 17.9 Å². The van der Waals surface area contributed by atoms with Gasteiger partial charge in [-0.05, 0) is 43.5 Å². The second-order valence-electron chi connectivity index (χ2n) is 6.89. The zero-order valence-electron chi connectivity index (χ0n) is 15.8. The molecule has 28 heavy (non-hydrogen) atoms. The van der Waals surface area contributed by atoms with Crippen molar-refractivity contribution in [3.05, 3.63) is 53.9 Å². The Hall–Kier alpha value is -3.16. The zero-order valence-corrected chi connectivity index (χ0v) is 15.8. The number of imide groups is 1. The largest absolute Gasteiger partial charge is 0.449 e. The Bertz CT molecular complexity index is 811. The predicted octanol–water partition coefficient (Wildman–Crippen LogP) is 2.25. The Morgan fingerprint density at radius 1 is 1.21 bits per heavy atom. The van der Waals surface area contributed by atoms with Crippen LogP contribution in [0.25, 0.3) is 0 Å². The smallest absolute Gasteiger partial charge is 0.338 e. The number of amides is 3. The Morgan fingerprint density at radius 3 is 2.57 bits per heavy atom. The maximum Gasteiger partial charge on any atom is 0.338 e. The van der Waals surface area contributed by atoms with Crippen molar-refractivity contribution in [3.63, 3.8) is 0 Å². The van der Waals surface area contributed by atoms with Gasteiger partial charge in [0.05, 0.1) is 12.1 Å². The zero-order chi connectivity index (χ0) is 19.9. The third-order valence-corrected chi connectivity index (χ3v) is 4.67. The summed E-state index contributed by atoms with van der Waals surface area (Å²) in [6.45, 7) is 2.03. The number of nitrogens with one attached hydrogen (secondary N) is 2. The molecule has 0 bridgehead atoms. The van der Waals surface area contributed by atoms with Gasteiger partial charge in [-0.15, -0.1) is 0 Å². The van der Waals surface area contributed by atoms with Crippen LogP contribution in [0.15, 0.2) is 42.7 Å². The van der Waals surface area contributed by atoms with Gasteiger partial charge in [-0.25, -0.2) is 9.59 Å². The quantitative estimate of drug-likeness (QED) is 0.744. The summed E-state index contributed by atoms with van der Waals surface area (Å²) < 4.78 is 6.94. The molecular weight excluding hydrogens is 360 g/mol. The van der Waals surface area contributed by atoms with Crippen LogP contribution in [-0.4, -0.2) is 39.8 Å². The molecule has 2 aromatic rings. The molecule has 1 aromatic heterocycles. The summed E-state index contributed by atoms with van der Waals surface area (Å²) >= 11 is 0. The lowest BCUT2D eigenvalue weighted by Crippen LogP contribution is -2.47. The molecule has 0 aliphatic heterocycles. The number of esters is 1. The Labute approximate surface area is 163 Å². The minimum absolute atomic E-state index is 0.103. The van der Waals surface area contributed by atoms with Gasteiger partial charge in [0, 0.05) is 18.4 Å². The highest BCUT2D eigenvalue weighted by Gasteiger charge is 2.23. The number of urea groups is 1. The van der Waals surface area contributed by atoms with Crippen LogP contribution in [-0.2, 0) is 16.1 Å². The van der Waals surface area contributed by atoms with Crippen molar-refractivity contribution in [1.82, 2.24) is 20.4 Å². The van der Waals surface area contributed by atoms with E-state index in [1.165, 1.54) is 6.92 Å². The van der Waals surface area contributed by atoms with Gasteiger partial charge in [0.2, 0.25) is 0 Å². The van der Waals surface area contributed by atoms with E-state index in [9.17, 15) is 14.4 Å². The summed E-state index contributed by atoms with van der Waals surface area (Å²) in [4.78, 5) is 36.1. The molecule has 3 rings (SSSR count). The first-order chi connectivity index (χ1) is 13.5. The molecule has 1 atom stereocenters. The molecule has 148 valence electrons. The van der Waals surface area contributed by atoms with Gasteiger partial charge in [-0.1, -0.05) is 25.0 Å². The van der Waals surface area contributed by atoms with Crippen LogP contribution in [0.2, 0.25) is 0 Å². The van der Waals surface area contributed by atoms with Crippen LogP contribution in [0.3, 0.4) is 0 Å². The molecule has 1 unspecified atom stereocenters. The van der Waals surface area contributed by atoms with Gasteiger partial charge in [0.25, 0.3) is 5.91 Å². The molecule has 3 amide bonds. The van der Waals surface area contributed by atoms with Crippen LogP contribution in [0.4, 0.5) is 4.79 Å². The fourth-order valence-corrected chi connectivity index (χ4v) is 3.11. The normalized spacial score (nSPS) is 15.0. The number of hydrogen-bond donors (Lipinski definition) is 2. The number of ether oxygens (including phenoxy) is 1. The van der Waals surface area contributed by atoms with Gasteiger partial charge in [-0.2, -0.15) is 5.10 Å². The molecule has 1 saturated carbocycles.